The van der Waals surface area contributed by atoms with Crippen molar-refractivity contribution >= 4 is 17.7 Å². The number of halogens is 3. The number of pyridine rings is 1. The van der Waals surface area contributed by atoms with Crippen LogP contribution < -0.4 is 5.32 Å². The topological polar surface area (TPSA) is 42.0 Å². The smallest absolute Gasteiger partial charge is 0.353 e. The second-order valence-corrected chi connectivity index (χ2v) is 6.70. The van der Waals surface area contributed by atoms with Gasteiger partial charge in [-0.25, -0.2) is 4.98 Å². The molecule has 1 aromatic heterocycles. The highest BCUT2D eigenvalue weighted by molar-refractivity contribution is 7.99. The van der Waals surface area contributed by atoms with Crippen LogP contribution in [0.15, 0.2) is 23.4 Å². The molecule has 0 saturated heterocycles. The quantitative estimate of drug-likeness (QED) is 0.851. The van der Waals surface area contributed by atoms with Gasteiger partial charge in [-0.3, -0.25) is 4.79 Å². The Morgan fingerprint density at radius 1 is 1.41 bits per heavy atom. The first kappa shape index (κ1) is 17.1. The van der Waals surface area contributed by atoms with E-state index in [2.05, 4.69) is 17.2 Å². The largest absolute Gasteiger partial charge is 0.417 e. The zero-order valence-electron chi connectivity index (χ0n) is 12.3. The molecule has 122 valence electrons. The molecule has 0 aromatic carbocycles. The van der Waals surface area contributed by atoms with Gasteiger partial charge in [-0.05, 0) is 30.9 Å². The number of nitrogens with one attached hydrogen (secondary N) is 1. The molecule has 1 aromatic rings. The van der Waals surface area contributed by atoms with E-state index in [4.69, 9.17) is 0 Å². The Bertz CT molecular complexity index is 505. The maximum atomic E-state index is 12.4. The molecule has 2 unspecified atom stereocenters. The Hall–Kier alpha value is -1.24. The molecule has 1 N–H and O–H groups in total. The fourth-order valence-corrected chi connectivity index (χ4v) is 3.26. The fraction of sp³-hybridized carbons (Fsp3) is 0.600. The van der Waals surface area contributed by atoms with E-state index >= 15 is 0 Å². The van der Waals surface area contributed by atoms with Crippen molar-refractivity contribution in [2.24, 2.45) is 5.92 Å². The number of thioether (sulfide) groups is 1. The van der Waals surface area contributed by atoms with Crippen LogP contribution in [0.3, 0.4) is 0 Å². The molecular formula is C15H19F3N2OS. The molecular weight excluding hydrogens is 313 g/mol. The molecule has 1 heterocycles. The summed E-state index contributed by atoms with van der Waals surface area (Å²) in [5.74, 6) is 0.706. The second-order valence-electron chi connectivity index (χ2n) is 5.71. The summed E-state index contributed by atoms with van der Waals surface area (Å²) in [6.07, 6.45) is 0.735. The zero-order chi connectivity index (χ0) is 16.2. The van der Waals surface area contributed by atoms with E-state index in [0.717, 1.165) is 43.3 Å². The second kappa shape index (κ2) is 7.35. The molecule has 0 bridgehead atoms. The first-order chi connectivity index (χ1) is 10.3. The minimum atomic E-state index is -4.38. The van der Waals surface area contributed by atoms with Crippen LogP contribution in [0.5, 0.6) is 0 Å². The van der Waals surface area contributed by atoms with Gasteiger partial charge in [-0.2, -0.15) is 13.2 Å². The third-order valence-electron chi connectivity index (χ3n) is 3.72. The van der Waals surface area contributed by atoms with Crippen molar-refractivity contribution in [2.45, 2.75) is 49.9 Å². The highest BCUT2D eigenvalue weighted by Gasteiger charge is 2.30. The van der Waals surface area contributed by atoms with E-state index in [1.54, 1.807) is 0 Å². The number of carbonyl (C=O) groups is 1. The number of aromatic nitrogens is 1. The fourth-order valence-electron chi connectivity index (χ4n) is 2.61. The molecule has 0 spiro atoms. The molecule has 22 heavy (non-hydrogen) atoms. The van der Waals surface area contributed by atoms with Crippen LogP contribution in [0, 0.1) is 5.92 Å². The van der Waals surface area contributed by atoms with Gasteiger partial charge in [0.1, 0.15) is 0 Å². The Morgan fingerprint density at radius 2 is 2.18 bits per heavy atom. The van der Waals surface area contributed by atoms with Crippen molar-refractivity contribution < 1.29 is 18.0 Å². The van der Waals surface area contributed by atoms with Crippen LogP contribution in [0.2, 0.25) is 0 Å². The summed E-state index contributed by atoms with van der Waals surface area (Å²) in [4.78, 5) is 15.6. The predicted molar refractivity (Wildman–Crippen MR) is 79.5 cm³/mol. The van der Waals surface area contributed by atoms with Gasteiger partial charge >= 0.3 is 6.18 Å². The van der Waals surface area contributed by atoms with Gasteiger partial charge in [0, 0.05) is 12.2 Å². The lowest BCUT2D eigenvalue weighted by Gasteiger charge is -2.27. The molecule has 1 fully saturated rings. The highest BCUT2D eigenvalue weighted by Crippen LogP contribution is 2.29. The van der Waals surface area contributed by atoms with E-state index in [1.807, 2.05) is 0 Å². The van der Waals surface area contributed by atoms with Crippen molar-refractivity contribution in [1.29, 1.82) is 0 Å². The van der Waals surface area contributed by atoms with Gasteiger partial charge in [-0.15, -0.1) is 0 Å². The van der Waals surface area contributed by atoms with E-state index in [0.29, 0.717) is 10.9 Å². The molecule has 7 heteroatoms. The van der Waals surface area contributed by atoms with Crippen molar-refractivity contribution in [2.75, 3.05) is 5.75 Å². The van der Waals surface area contributed by atoms with Crippen LogP contribution in [-0.2, 0) is 11.0 Å². The van der Waals surface area contributed by atoms with Gasteiger partial charge < -0.3 is 5.32 Å². The summed E-state index contributed by atoms with van der Waals surface area (Å²) in [5, 5.41) is 3.40. The number of carbonyl (C=O) groups excluding carboxylic acids is 1. The van der Waals surface area contributed by atoms with E-state index in [1.165, 1.54) is 12.5 Å². The van der Waals surface area contributed by atoms with Crippen LogP contribution in [0.25, 0.3) is 0 Å². The van der Waals surface area contributed by atoms with Gasteiger partial charge in [0.05, 0.1) is 16.3 Å². The Labute approximate surface area is 132 Å². The molecule has 1 amide bonds. The van der Waals surface area contributed by atoms with E-state index in [-0.39, 0.29) is 17.7 Å². The van der Waals surface area contributed by atoms with Gasteiger partial charge in [0.2, 0.25) is 5.91 Å². The van der Waals surface area contributed by atoms with E-state index in [9.17, 15) is 18.0 Å². The minimum Gasteiger partial charge on any atom is -0.353 e. The van der Waals surface area contributed by atoms with Crippen molar-refractivity contribution in [1.82, 2.24) is 10.3 Å². The van der Waals surface area contributed by atoms with Crippen molar-refractivity contribution in [3.05, 3.63) is 23.9 Å². The molecule has 2 atom stereocenters. The van der Waals surface area contributed by atoms with Crippen molar-refractivity contribution in [3.63, 3.8) is 0 Å². The molecule has 0 radical (unpaired) electrons. The maximum absolute atomic E-state index is 12.4. The molecule has 0 aliphatic heterocycles. The van der Waals surface area contributed by atoms with Crippen molar-refractivity contribution in [3.8, 4) is 0 Å². The first-order valence-electron chi connectivity index (χ1n) is 7.30. The highest BCUT2D eigenvalue weighted by atomic mass is 32.2. The number of nitrogens with zero attached hydrogens (tertiary/aromatic N) is 1. The van der Waals surface area contributed by atoms with Crippen LogP contribution in [0.4, 0.5) is 13.2 Å². The molecule has 1 aliphatic rings. The zero-order valence-corrected chi connectivity index (χ0v) is 13.1. The summed E-state index contributed by atoms with van der Waals surface area (Å²) >= 11 is 1.15. The third kappa shape index (κ3) is 5.19. The summed E-state index contributed by atoms with van der Waals surface area (Å²) in [6, 6.07) is 2.50. The summed E-state index contributed by atoms with van der Waals surface area (Å²) in [7, 11) is 0. The number of hydrogen-bond acceptors (Lipinski definition) is 3. The molecule has 3 nitrogen and oxygen atoms in total. The number of amides is 1. The average molecular weight is 332 g/mol. The number of rotatable bonds is 4. The molecule has 1 aliphatic carbocycles. The molecule has 2 rings (SSSR count). The standard InChI is InChI=1S/C15H19F3N2OS/c1-10-3-2-4-12(7-10)20-13(21)9-22-14-6-5-11(8-19-14)15(16,17)18/h5-6,8,10,12H,2-4,7,9H2,1H3,(H,20,21). The maximum Gasteiger partial charge on any atom is 0.417 e. The predicted octanol–water partition coefficient (Wildman–Crippen LogP) is 3.89. The average Bonchev–Trinajstić information content (AvgIpc) is 2.45. The first-order valence-corrected chi connectivity index (χ1v) is 8.28. The van der Waals surface area contributed by atoms with Gasteiger partial charge in [-0.1, -0.05) is 31.5 Å². The minimum absolute atomic E-state index is 0.0919. The monoisotopic (exact) mass is 332 g/mol. The van der Waals surface area contributed by atoms with Gasteiger partial charge in [0.15, 0.2) is 0 Å². The Balaban J connectivity index is 1.78. The normalized spacial score (nSPS) is 22.4. The lowest BCUT2D eigenvalue weighted by molar-refractivity contribution is -0.137. The Kier molecular flexibility index (Phi) is 5.72. The van der Waals surface area contributed by atoms with Crippen LogP contribution >= 0.6 is 11.8 Å². The number of hydrogen-bond donors (Lipinski definition) is 1. The summed E-state index contributed by atoms with van der Waals surface area (Å²) in [6.45, 7) is 2.18. The molecule has 1 saturated carbocycles. The summed E-state index contributed by atoms with van der Waals surface area (Å²) in [5.41, 5.74) is -0.780. The number of alkyl halides is 3. The van der Waals surface area contributed by atoms with Crippen LogP contribution in [0.1, 0.15) is 38.2 Å². The van der Waals surface area contributed by atoms with E-state index < -0.39 is 11.7 Å². The summed E-state index contributed by atoms with van der Waals surface area (Å²) < 4.78 is 37.2. The third-order valence-corrected chi connectivity index (χ3v) is 4.66. The van der Waals surface area contributed by atoms with Crippen LogP contribution in [-0.4, -0.2) is 22.7 Å². The SMILES string of the molecule is CC1CCCC(NC(=O)CSc2ccc(C(F)(F)F)cn2)C1. The Morgan fingerprint density at radius 3 is 2.77 bits per heavy atom. The van der Waals surface area contributed by atoms with Gasteiger partial charge in [0.25, 0.3) is 0 Å². The lowest BCUT2D eigenvalue weighted by Crippen LogP contribution is -2.38. The lowest BCUT2D eigenvalue weighted by atomic mass is 9.87.